The molecule has 0 saturated carbocycles. The number of aromatic nitrogens is 1. The van der Waals surface area contributed by atoms with Gasteiger partial charge in [0.25, 0.3) is 0 Å². The Morgan fingerprint density at radius 2 is 2.18 bits per heavy atom. The molecule has 4 N–H and O–H groups in total. The summed E-state index contributed by atoms with van der Waals surface area (Å²) >= 11 is 4.94. The number of pyridine rings is 1. The van der Waals surface area contributed by atoms with Crippen LogP contribution in [0.2, 0.25) is 0 Å². The summed E-state index contributed by atoms with van der Waals surface area (Å²) in [7, 11) is 1.58. The van der Waals surface area contributed by atoms with Crippen LogP contribution in [0.15, 0.2) is 12.1 Å². The molecule has 17 heavy (non-hydrogen) atoms. The molecule has 0 saturated heterocycles. The number of aryl methyl sites for hydroxylation is 1. The number of thiocarbonyl (C=S) groups is 1. The first kappa shape index (κ1) is 13.4. The molecule has 1 aromatic rings. The van der Waals surface area contributed by atoms with Crippen molar-refractivity contribution in [3.63, 3.8) is 0 Å². The zero-order valence-corrected chi connectivity index (χ0v) is 10.9. The van der Waals surface area contributed by atoms with Gasteiger partial charge in [0.05, 0.1) is 5.56 Å². The lowest BCUT2D eigenvalue weighted by molar-refractivity contribution is -0.121. The van der Waals surface area contributed by atoms with Crippen LogP contribution in [-0.4, -0.2) is 29.0 Å². The van der Waals surface area contributed by atoms with Gasteiger partial charge < -0.3 is 16.4 Å². The molecule has 1 heterocycles. The first-order valence-corrected chi connectivity index (χ1v) is 5.62. The van der Waals surface area contributed by atoms with Crippen molar-refractivity contribution in [1.29, 1.82) is 0 Å². The minimum atomic E-state index is -0.401. The van der Waals surface area contributed by atoms with Crippen molar-refractivity contribution < 1.29 is 4.79 Å². The van der Waals surface area contributed by atoms with Crippen LogP contribution in [0.3, 0.4) is 0 Å². The van der Waals surface area contributed by atoms with Crippen LogP contribution < -0.4 is 16.4 Å². The van der Waals surface area contributed by atoms with E-state index in [0.717, 1.165) is 5.69 Å². The van der Waals surface area contributed by atoms with E-state index in [1.807, 2.05) is 13.0 Å². The van der Waals surface area contributed by atoms with Crippen LogP contribution in [0.1, 0.15) is 18.2 Å². The monoisotopic (exact) mass is 252 g/mol. The van der Waals surface area contributed by atoms with Crippen molar-refractivity contribution in [1.82, 2.24) is 10.3 Å². The summed E-state index contributed by atoms with van der Waals surface area (Å²) in [6.45, 7) is 3.60. The highest BCUT2D eigenvalue weighted by atomic mass is 32.1. The number of hydrogen-bond donors (Lipinski definition) is 3. The Morgan fingerprint density at radius 3 is 2.71 bits per heavy atom. The number of amides is 1. The van der Waals surface area contributed by atoms with Gasteiger partial charge in [0.1, 0.15) is 16.8 Å². The smallest absolute Gasteiger partial charge is 0.241 e. The Morgan fingerprint density at radius 1 is 1.53 bits per heavy atom. The number of likely N-dealkylation sites (N-methyl/N-ethyl adjacent to an activating group) is 1. The highest BCUT2D eigenvalue weighted by molar-refractivity contribution is 7.80. The third kappa shape index (κ3) is 3.39. The fourth-order valence-electron chi connectivity index (χ4n) is 1.35. The van der Waals surface area contributed by atoms with Gasteiger partial charge in [0.2, 0.25) is 5.91 Å². The van der Waals surface area contributed by atoms with E-state index in [4.69, 9.17) is 18.0 Å². The Kier molecular flexibility index (Phi) is 4.39. The SMILES string of the molecule is CNC(=O)C(C)Nc1nc(C)ccc1C(N)=S. The first-order chi connectivity index (χ1) is 7.95. The van der Waals surface area contributed by atoms with E-state index < -0.39 is 6.04 Å². The number of nitrogens with zero attached hydrogens (tertiary/aromatic N) is 1. The minimum Gasteiger partial charge on any atom is -0.389 e. The van der Waals surface area contributed by atoms with Gasteiger partial charge in [-0.2, -0.15) is 0 Å². The summed E-state index contributed by atoms with van der Waals surface area (Å²) < 4.78 is 0. The van der Waals surface area contributed by atoms with Gasteiger partial charge in [0, 0.05) is 12.7 Å². The lowest BCUT2D eigenvalue weighted by Crippen LogP contribution is -2.36. The number of carbonyl (C=O) groups is 1. The van der Waals surface area contributed by atoms with Crippen molar-refractivity contribution >= 4 is 28.9 Å². The van der Waals surface area contributed by atoms with Crippen molar-refractivity contribution in [3.8, 4) is 0 Å². The van der Waals surface area contributed by atoms with E-state index in [1.165, 1.54) is 0 Å². The molecule has 1 amide bonds. The number of carbonyl (C=O) groups excluding carboxylic acids is 1. The summed E-state index contributed by atoms with van der Waals surface area (Å²) in [6, 6.07) is 3.22. The summed E-state index contributed by atoms with van der Waals surface area (Å²) in [5.74, 6) is 0.413. The molecule has 1 rings (SSSR count). The van der Waals surface area contributed by atoms with Crippen LogP contribution >= 0.6 is 12.2 Å². The predicted molar refractivity (Wildman–Crippen MR) is 72.0 cm³/mol. The van der Waals surface area contributed by atoms with Crippen LogP contribution in [-0.2, 0) is 4.79 Å². The standard InChI is InChI=1S/C11H16N4OS/c1-6-4-5-8(9(12)17)10(14-6)15-7(2)11(16)13-3/h4-5,7H,1-3H3,(H2,12,17)(H,13,16)(H,14,15). The molecule has 0 spiro atoms. The molecule has 0 fully saturated rings. The molecule has 1 atom stereocenters. The van der Waals surface area contributed by atoms with Gasteiger partial charge in [-0.3, -0.25) is 4.79 Å². The van der Waals surface area contributed by atoms with Crippen molar-refractivity contribution in [2.24, 2.45) is 5.73 Å². The maximum Gasteiger partial charge on any atom is 0.241 e. The highest BCUT2D eigenvalue weighted by Crippen LogP contribution is 2.14. The van der Waals surface area contributed by atoms with E-state index in [-0.39, 0.29) is 10.9 Å². The van der Waals surface area contributed by atoms with Crippen LogP contribution in [0, 0.1) is 6.92 Å². The second-order valence-corrected chi connectivity index (χ2v) is 4.13. The quantitative estimate of drug-likeness (QED) is 0.683. The third-order valence-electron chi connectivity index (χ3n) is 2.29. The maximum absolute atomic E-state index is 11.4. The summed E-state index contributed by atoms with van der Waals surface area (Å²) in [5.41, 5.74) is 7.07. The Bertz CT molecular complexity index is 447. The fourth-order valence-corrected chi connectivity index (χ4v) is 1.52. The summed E-state index contributed by atoms with van der Waals surface area (Å²) in [6.07, 6.45) is 0. The normalized spacial score (nSPS) is 11.7. The van der Waals surface area contributed by atoms with Gasteiger partial charge in [-0.15, -0.1) is 0 Å². The Balaban J connectivity index is 3.00. The Labute approximate surface area is 106 Å². The second kappa shape index (κ2) is 5.58. The fraction of sp³-hybridized carbons (Fsp3) is 0.364. The van der Waals surface area contributed by atoms with Crippen molar-refractivity contribution in [2.45, 2.75) is 19.9 Å². The first-order valence-electron chi connectivity index (χ1n) is 5.21. The van der Waals surface area contributed by atoms with E-state index in [1.54, 1.807) is 20.0 Å². The maximum atomic E-state index is 11.4. The lowest BCUT2D eigenvalue weighted by atomic mass is 10.2. The molecule has 0 bridgehead atoms. The zero-order valence-electron chi connectivity index (χ0n) is 10.1. The van der Waals surface area contributed by atoms with Crippen LogP contribution in [0.4, 0.5) is 5.82 Å². The second-order valence-electron chi connectivity index (χ2n) is 3.69. The molecule has 6 heteroatoms. The van der Waals surface area contributed by atoms with E-state index >= 15 is 0 Å². The van der Waals surface area contributed by atoms with Crippen molar-refractivity contribution in [3.05, 3.63) is 23.4 Å². The molecule has 0 aliphatic heterocycles. The summed E-state index contributed by atoms with van der Waals surface area (Å²) in [4.78, 5) is 16.0. The lowest BCUT2D eigenvalue weighted by Gasteiger charge is -2.15. The molecule has 1 unspecified atom stereocenters. The van der Waals surface area contributed by atoms with Crippen LogP contribution in [0.25, 0.3) is 0 Å². The molecular formula is C11H16N4OS. The molecule has 0 aliphatic carbocycles. The molecule has 0 aromatic carbocycles. The average molecular weight is 252 g/mol. The molecule has 0 aliphatic rings. The topological polar surface area (TPSA) is 80.0 Å². The van der Waals surface area contributed by atoms with Gasteiger partial charge in [0.15, 0.2) is 0 Å². The number of anilines is 1. The van der Waals surface area contributed by atoms with E-state index in [0.29, 0.717) is 11.4 Å². The number of nitrogens with one attached hydrogen (secondary N) is 2. The molecule has 1 aromatic heterocycles. The van der Waals surface area contributed by atoms with Crippen molar-refractivity contribution in [2.75, 3.05) is 12.4 Å². The zero-order chi connectivity index (χ0) is 13.0. The largest absolute Gasteiger partial charge is 0.389 e. The number of hydrogen-bond acceptors (Lipinski definition) is 4. The molecular weight excluding hydrogens is 236 g/mol. The minimum absolute atomic E-state index is 0.123. The Hall–Kier alpha value is -1.69. The van der Waals surface area contributed by atoms with E-state index in [9.17, 15) is 4.79 Å². The third-order valence-corrected chi connectivity index (χ3v) is 2.51. The number of rotatable bonds is 4. The molecule has 92 valence electrons. The van der Waals surface area contributed by atoms with Gasteiger partial charge in [-0.25, -0.2) is 4.98 Å². The van der Waals surface area contributed by atoms with Gasteiger partial charge in [-0.05, 0) is 26.0 Å². The average Bonchev–Trinajstić information content (AvgIpc) is 2.27. The van der Waals surface area contributed by atoms with Gasteiger partial charge in [-0.1, -0.05) is 12.2 Å². The molecule has 5 nitrogen and oxygen atoms in total. The summed E-state index contributed by atoms with van der Waals surface area (Å²) in [5, 5.41) is 5.55. The highest BCUT2D eigenvalue weighted by Gasteiger charge is 2.14. The predicted octanol–water partition coefficient (Wildman–Crippen LogP) is 0.571. The van der Waals surface area contributed by atoms with E-state index in [2.05, 4.69) is 15.6 Å². The molecule has 0 radical (unpaired) electrons. The number of nitrogens with two attached hydrogens (primary N) is 1. The van der Waals surface area contributed by atoms with Crippen LogP contribution in [0.5, 0.6) is 0 Å². The van der Waals surface area contributed by atoms with Gasteiger partial charge >= 0.3 is 0 Å².